The molecule has 1 aliphatic heterocycles. The first kappa shape index (κ1) is 20.9. The van der Waals surface area contributed by atoms with Crippen LogP contribution in [0.25, 0.3) is 21.3 Å². The fourth-order valence-corrected chi connectivity index (χ4v) is 5.57. The van der Waals surface area contributed by atoms with Gasteiger partial charge in [0.1, 0.15) is 16.1 Å². The average molecular weight is 450 g/mol. The predicted molar refractivity (Wildman–Crippen MR) is 127 cm³/mol. The molecule has 32 heavy (non-hydrogen) atoms. The lowest BCUT2D eigenvalue weighted by molar-refractivity contribution is -0.120. The fraction of sp³-hybridized carbons (Fsp3) is 0.375. The lowest BCUT2D eigenvalue weighted by atomic mass is 9.92. The number of likely N-dealkylation sites (tertiary alicyclic amines) is 1. The van der Waals surface area contributed by atoms with Crippen molar-refractivity contribution in [1.82, 2.24) is 25.2 Å². The van der Waals surface area contributed by atoms with E-state index in [2.05, 4.69) is 51.3 Å². The first-order chi connectivity index (χ1) is 15.5. The van der Waals surface area contributed by atoms with Crippen LogP contribution in [0, 0.1) is 0 Å². The zero-order valence-electron chi connectivity index (χ0n) is 18.5. The molecule has 0 spiro atoms. The summed E-state index contributed by atoms with van der Waals surface area (Å²) in [5.74, 6) is 0.808. The number of ether oxygens (including phenoxy) is 1. The molecule has 3 atom stereocenters. The molecule has 1 fully saturated rings. The summed E-state index contributed by atoms with van der Waals surface area (Å²) in [5.41, 5.74) is 3.17. The predicted octanol–water partition coefficient (Wildman–Crippen LogP) is 4.84. The first-order valence-corrected chi connectivity index (χ1v) is 11.8. The molecule has 0 saturated carbocycles. The van der Waals surface area contributed by atoms with E-state index in [-0.39, 0.29) is 11.9 Å². The number of aromatic nitrogens is 3. The van der Waals surface area contributed by atoms with Crippen LogP contribution in [0.2, 0.25) is 0 Å². The molecule has 1 amide bonds. The number of pyridine rings is 1. The van der Waals surface area contributed by atoms with Gasteiger partial charge in [-0.3, -0.25) is 9.69 Å². The maximum atomic E-state index is 11.5. The normalized spacial score (nSPS) is 21.8. The Bertz CT molecular complexity index is 1220. The van der Waals surface area contributed by atoms with E-state index < -0.39 is 0 Å². The number of carbonyl (C=O) groups excluding carboxylic acids is 1. The van der Waals surface area contributed by atoms with Gasteiger partial charge in [-0.25, -0.2) is 9.97 Å². The van der Waals surface area contributed by atoms with E-state index in [1.54, 1.807) is 13.1 Å². The molecule has 0 radical (unpaired) electrons. The van der Waals surface area contributed by atoms with Crippen LogP contribution in [0.3, 0.4) is 0 Å². The second-order valence-corrected chi connectivity index (χ2v) is 9.61. The molecule has 1 aromatic carbocycles. The summed E-state index contributed by atoms with van der Waals surface area (Å²) in [5, 5.41) is 4.89. The SMILES string of the molecule is CC(=O)NC1CC(C)N(Cc2c[nH]c3cc(Oc4nc5cccnc5s4)ccc23)[C@H](C)C1. The first-order valence-electron chi connectivity index (χ1n) is 11.0. The van der Waals surface area contributed by atoms with Crippen molar-refractivity contribution in [2.45, 2.75) is 58.3 Å². The molecule has 2 unspecified atom stereocenters. The Hall–Kier alpha value is -2.97. The maximum absolute atomic E-state index is 11.5. The number of aromatic amines is 1. The number of piperidine rings is 1. The van der Waals surface area contributed by atoms with Crippen molar-refractivity contribution in [1.29, 1.82) is 0 Å². The maximum Gasteiger partial charge on any atom is 0.281 e. The van der Waals surface area contributed by atoms with Gasteiger partial charge in [0.2, 0.25) is 5.91 Å². The summed E-state index contributed by atoms with van der Waals surface area (Å²) in [7, 11) is 0. The third kappa shape index (κ3) is 4.20. The van der Waals surface area contributed by atoms with E-state index in [9.17, 15) is 4.79 Å². The Morgan fingerprint density at radius 3 is 2.84 bits per heavy atom. The van der Waals surface area contributed by atoms with Gasteiger partial charge in [0, 0.05) is 61.0 Å². The summed E-state index contributed by atoms with van der Waals surface area (Å²) in [6, 6.07) is 11.0. The van der Waals surface area contributed by atoms with Gasteiger partial charge < -0.3 is 15.0 Å². The molecular formula is C24H27N5O2S. The lowest BCUT2D eigenvalue weighted by Gasteiger charge is -2.42. The third-order valence-corrected chi connectivity index (χ3v) is 7.09. The Labute approximate surface area is 190 Å². The summed E-state index contributed by atoms with van der Waals surface area (Å²) in [6.45, 7) is 6.97. The smallest absolute Gasteiger partial charge is 0.281 e. The molecule has 5 rings (SSSR count). The van der Waals surface area contributed by atoms with Crippen molar-refractivity contribution in [2.75, 3.05) is 0 Å². The van der Waals surface area contributed by atoms with Crippen LogP contribution in [-0.2, 0) is 11.3 Å². The molecule has 166 valence electrons. The van der Waals surface area contributed by atoms with Crippen molar-refractivity contribution in [3.05, 3.63) is 48.3 Å². The minimum absolute atomic E-state index is 0.0552. The van der Waals surface area contributed by atoms with Gasteiger partial charge >= 0.3 is 0 Å². The fourth-order valence-electron chi connectivity index (χ4n) is 4.79. The van der Waals surface area contributed by atoms with Gasteiger partial charge in [-0.15, -0.1) is 0 Å². The van der Waals surface area contributed by atoms with Gasteiger partial charge in [-0.05, 0) is 56.5 Å². The molecule has 3 aromatic heterocycles. The average Bonchev–Trinajstić information content (AvgIpc) is 3.33. The zero-order chi connectivity index (χ0) is 22.2. The zero-order valence-corrected chi connectivity index (χ0v) is 19.3. The van der Waals surface area contributed by atoms with Gasteiger partial charge in [0.15, 0.2) is 0 Å². The topological polar surface area (TPSA) is 83.1 Å². The van der Waals surface area contributed by atoms with E-state index in [1.807, 2.05) is 24.3 Å². The quantitative estimate of drug-likeness (QED) is 0.455. The molecule has 1 aliphatic rings. The van der Waals surface area contributed by atoms with Crippen molar-refractivity contribution in [2.24, 2.45) is 0 Å². The molecule has 4 heterocycles. The summed E-state index contributed by atoms with van der Waals surface area (Å²) < 4.78 is 6.01. The number of nitrogens with one attached hydrogen (secondary N) is 2. The highest BCUT2D eigenvalue weighted by molar-refractivity contribution is 7.19. The van der Waals surface area contributed by atoms with Crippen LogP contribution in [0.15, 0.2) is 42.7 Å². The number of hydrogen-bond donors (Lipinski definition) is 2. The van der Waals surface area contributed by atoms with Crippen molar-refractivity contribution in [3.8, 4) is 10.9 Å². The summed E-state index contributed by atoms with van der Waals surface area (Å²) >= 11 is 1.44. The molecule has 0 bridgehead atoms. The Kier molecular flexibility index (Phi) is 5.57. The van der Waals surface area contributed by atoms with E-state index in [0.717, 1.165) is 41.0 Å². The largest absolute Gasteiger partial charge is 0.431 e. The summed E-state index contributed by atoms with van der Waals surface area (Å²) in [4.78, 5) is 27.1. The Morgan fingerprint density at radius 1 is 1.28 bits per heavy atom. The van der Waals surface area contributed by atoms with E-state index in [0.29, 0.717) is 17.3 Å². The lowest BCUT2D eigenvalue weighted by Crippen LogP contribution is -2.52. The molecule has 0 aliphatic carbocycles. The number of amides is 1. The second kappa shape index (κ2) is 8.52. The number of thiazole rings is 1. The number of nitrogens with zero attached hydrogens (tertiary/aromatic N) is 3. The van der Waals surface area contributed by atoms with Crippen LogP contribution < -0.4 is 10.1 Å². The van der Waals surface area contributed by atoms with Crippen LogP contribution >= 0.6 is 11.3 Å². The van der Waals surface area contributed by atoms with Crippen LogP contribution in [0.5, 0.6) is 10.9 Å². The molecule has 8 heteroatoms. The highest BCUT2D eigenvalue weighted by atomic mass is 32.1. The van der Waals surface area contributed by atoms with Gasteiger partial charge in [-0.1, -0.05) is 11.3 Å². The molecular weight excluding hydrogens is 422 g/mol. The van der Waals surface area contributed by atoms with Gasteiger partial charge in [0.25, 0.3) is 5.19 Å². The molecule has 1 saturated heterocycles. The van der Waals surface area contributed by atoms with E-state index in [1.165, 1.54) is 22.3 Å². The third-order valence-electron chi connectivity index (χ3n) is 6.23. The number of carbonyl (C=O) groups is 1. The monoisotopic (exact) mass is 449 g/mol. The highest BCUT2D eigenvalue weighted by Crippen LogP contribution is 2.33. The van der Waals surface area contributed by atoms with Gasteiger partial charge in [-0.2, -0.15) is 0 Å². The van der Waals surface area contributed by atoms with Crippen molar-refractivity contribution >= 4 is 38.5 Å². The van der Waals surface area contributed by atoms with E-state index in [4.69, 9.17) is 4.74 Å². The van der Waals surface area contributed by atoms with Crippen LogP contribution in [0.1, 0.15) is 39.2 Å². The molecule has 2 N–H and O–H groups in total. The number of H-pyrrole nitrogens is 1. The van der Waals surface area contributed by atoms with Crippen LogP contribution in [0.4, 0.5) is 0 Å². The molecule has 4 aromatic rings. The minimum Gasteiger partial charge on any atom is -0.431 e. The van der Waals surface area contributed by atoms with Crippen molar-refractivity contribution in [3.63, 3.8) is 0 Å². The van der Waals surface area contributed by atoms with E-state index >= 15 is 0 Å². The highest BCUT2D eigenvalue weighted by Gasteiger charge is 2.31. The Balaban J connectivity index is 1.31. The summed E-state index contributed by atoms with van der Waals surface area (Å²) in [6.07, 6.45) is 5.80. The van der Waals surface area contributed by atoms with Crippen molar-refractivity contribution < 1.29 is 9.53 Å². The number of rotatable bonds is 5. The van der Waals surface area contributed by atoms with Crippen LogP contribution in [-0.4, -0.2) is 43.9 Å². The number of benzene rings is 1. The minimum atomic E-state index is 0.0552. The number of fused-ring (bicyclic) bond motifs is 2. The Morgan fingerprint density at radius 2 is 2.09 bits per heavy atom. The number of hydrogen-bond acceptors (Lipinski definition) is 6. The standard InChI is InChI=1S/C24H27N5O2S/c1-14-9-18(27-16(3)30)10-15(2)29(14)13-17-12-26-22-11-19(6-7-20(17)22)31-24-28-21-5-4-8-25-23(21)32-24/h4-8,11-12,14-15,18,26H,9-10,13H2,1-3H3,(H,27,30)/t14-,15?,18?/m1/s1. The van der Waals surface area contributed by atoms with Gasteiger partial charge in [0.05, 0.1) is 0 Å². The second-order valence-electron chi connectivity index (χ2n) is 8.67. The molecule has 7 nitrogen and oxygen atoms in total.